The lowest BCUT2D eigenvalue weighted by molar-refractivity contribution is -0.137. The van der Waals surface area contributed by atoms with E-state index in [-0.39, 0.29) is 48.0 Å². The van der Waals surface area contributed by atoms with Gasteiger partial charge in [0.1, 0.15) is 0 Å². The van der Waals surface area contributed by atoms with Gasteiger partial charge in [-0.1, -0.05) is 38.8 Å². The van der Waals surface area contributed by atoms with Crippen molar-refractivity contribution in [3.05, 3.63) is 40.3 Å². The van der Waals surface area contributed by atoms with Crippen LogP contribution in [-0.4, -0.2) is 26.8 Å². The summed E-state index contributed by atoms with van der Waals surface area (Å²) in [6.07, 6.45) is 0.591. The van der Waals surface area contributed by atoms with Gasteiger partial charge in [0.05, 0.1) is 12.1 Å². The van der Waals surface area contributed by atoms with E-state index in [0.717, 1.165) is 50.7 Å². The van der Waals surface area contributed by atoms with Crippen LogP contribution in [0.1, 0.15) is 64.0 Å². The molecule has 6 nitrogen and oxygen atoms in total. The van der Waals surface area contributed by atoms with E-state index in [1.54, 1.807) is 0 Å². The molecule has 1 aliphatic carbocycles. The van der Waals surface area contributed by atoms with Crippen molar-refractivity contribution in [3.8, 4) is 11.4 Å². The van der Waals surface area contributed by atoms with E-state index in [9.17, 15) is 22.8 Å². The molecule has 1 heterocycles. The average molecular weight is 438 g/mol. The van der Waals surface area contributed by atoms with E-state index in [4.69, 9.17) is 0 Å². The van der Waals surface area contributed by atoms with Gasteiger partial charge in [-0.15, -0.1) is 5.10 Å². The number of amides is 1. The lowest BCUT2D eigenvalue weighted by atomic mass is 9.97. The molecule has 0 atom stereocenters. The van der Waals surface area contributed by atoms with Gasteiger partial charge >= 0.3 is 11.9 Å². The summed E-state index contributed by atoms with van der Waals surface area (Å²) in [6.45, 7) is 4.48. The van der Waals surface area contributed by atoms with Crippen LogP contribution in [0.25, 0.3) is 11.4 Å². The molecule has 1 aromatic carbocycles. The third kappa shape index (κ3) is 5.57. The number of hydrogen-bond donors (Lipinski definition) is 1. The number of nitrogens with zero attached hydrogens (tertiary/aromatic N) is 3. The molecular formula is C22H29F3N4O2. The molecule has 1 saturated carbocycles. The largest absolute Gasteiger partial charge is 0.416 e. The van der Waals surface area contributed by atoms with E-state index < -0.39 is 11.7 Å². The lowest BCUT2D eigenvalue weighted by Gasteiger charge is -2.15. The standard InChI is InChI=1S/C22H29F3N4O2/c1-3-6-15(7-4-2)20(30)26-12-13-28-21(31)29(18-10-11-18)19(27-28)16-8-5-9-17(14-16)22(23,24)25/h5,8-9,14-15,18H,3-4,6-7,10-13H2,1-2H3,(H,26,30). The highest BCUT2D eigenvalue weighted by Crippen LogP contribution is 2.37. The van der Waals surface area contributed by atoms with Crippen LogP contribution in [0.3, 0.4) is 0 Å². The first-order valence-corrected chi connectivity index (χ1v) is 10.9. The Morgan fingerprint density at radius 2 is 1.90 bits per heavy atom. The number of aromatic nitrogens is 3. The molecule has 170 valence electrons. The van der Waals surface area contributed by atoms with E-state index >= 15 is 0 Å². The molecule has 3 rings (SSSR count). The van der Waals surface area contributed by atoms with Gasteiger partial charge in [-0.05, 0) is 37.8 Å². The Morgan fingerprint density at radius 3 is 2.48 bits per heavy atom. The number of alkyl halides is 3. The monoisotopic (exact) mass is 438 g/mol. The topological polar surface area (TPSA) is 68.9 Å². The van der Waals surface area contributed by atoms with Crippen molar-refractivity contribution in [1.29, 1.82) is 0 Å². The van der Waals surface area contributed by atoms with Gasteiger partial charge in [0.15, 0.2) is 5.82 Å². The van der Waals surface area contributed by atoms with Crippen LogP contribution >= 0.6 is 0 Å². The number of carbonyl (C=O) groups is 1. The number of nitrogens with one attached hydrogen (secondary N) is 1. The zero-order valence-electron chi connectivity index (χ0n) is 17.9. The number of benzene rings is 1. The predicted molar refractivity (Wildman–Crippen MR) is 112 cm³/mol. The minimum atomic E-state index is -4.47. The SMILES string of the molecule is CCCC(CCC)C(=O)NCCn1nc(-c2cccc(C(F)(F)F)c2)n(C2CC2)c1=O. The second kappa shape index (κ2) is 9.70. The van der Waals surface area contributed by atoms with Gasteiger partial charge < -0.3 is 5.32 Å². The third-order valence-corrected chi connectivity index (χ3v) is 5.50. The second-order valence-electron chi connectivity index (χ2n) is 8.07. The molecule has 0 aliphatic heterocycles. The smallest absolute Gasteiger partial charge is 0.354 e. The summed E-state index contributed by atoms with van der Waals surface area (Å²) in [6, 6.07) is 4.83. The maximum atomic E-state index is 13.1. The molecule has 31 heavy (non-hydrogen) atoms. The third-order valence-electron chi connectivity index (χ3n) is 5.50. The van der Waals surface area contributed by atoms with Gasteiger partial charge in [0.2, 0.25) is 5.91 Å². The van der Waals surface area contributed by atoms with Crippen molar-refractivity contribution in [1.82, 2.24) is 19.7 Å². The molecule has 1 amide bonds. The fraction of sp³-hybridized carbons (Fsp3) is 0.591. The van der Waals surface area contributed by atoms with Crippen LogP contribution in [0.4, 0.5) is 13.2 Å². The summed E-state index contributed by atoms with van der Waals surface area (Å²) in [4.78, 5) is 25.3. The Kier molecular flexibility index (Phi) is 7.23. The first kappa shape index (κ1) is 23.1. The second-order valence-corrected chi connectivity index (χ2v) is 8.07. The Hall–Kier alpha value is -2.58. The lowest BCUT2D eigenvalue weighted by Crippen LogP contribution is -2.35. The fourth-order valence-corrected chi connectivity index (χ4v) is 3.79. The summed E-state index contributed by atoms with van der Waals surface area (Å²) < 4.78 is 42.1. The van der Waals surface area contributed by atoms with Crippen LogP contribution in [0.2, 0.25) is 0 Å². The molecule has 0 spiro atoms. The quantitative estimate of drug-likeness (QED) is 0.598. The molecule has 0 unspecified atom stereocenters. The fourth-order valence-electron chi connectivity index (χ4n) is 3.79. The van der Waals surface area contributed by atoms with Gasteiger partial charge in [-0.2, -0.15) is 13.2 Å². The summed E-state index contributed by atoms with van der Waals surface area (Å²) in [5.74, 6) is 0.160. The van der Waals surface area contributed by atoms with Gasteiger partial charge in [-0.3, -0.25) is 9.36 Å². The molecule has 1 fully saturated rings. The van der Waals surface area contributed by atoms with Gasteiger partial charge in [0.25, 0.3) is 0 Å². The molecular weight excluding hydrogens is 409 g/mol. The number of hydrogen-bond acceptors (Lipinski definition) is 3. The average Bonchev–Trinajstić information content (AvgIpc) is 3.51. The van der Waals surface area contributed by atoms with Crippen LogP contribution < -0.4 is 11.0 Å². The molecule has 9 heteroatoms. The zero-order valence-corrected chi connectivity index (χ0v) is 17.9. The van der Waals surface area contributed by atoms with E-state index in [1.165, 1.54) is 21.4 Å². The minimum Gasteiger partial charge on any atom is -0.354 e. The molecule has 1 N–H and O–H groups in total. The summed E-state index contributed by atoms with van der Waals surface area (Å²) in [5, 5.41) is 7.20. The van der Waals surface area contributed by atoms with Crippen molar-refractivity contribution in [2.45, 2.75) is 71.1 Å². The molecule has 2 aromatic rings. The Labute approximate surface area is 179 Å². The Morgan fingerprint density at radius 1 is 1.23 bits per heavy atom. The highest BCUT2D eigenvalue weighted by Gasteiger charge is 2.33. The van der Waals surface area contributed by atoms with Crippen molar-refractivity contribution in [2.75, 3.05) is 6.54 Å². The highest BCUT2D eigenvalue weighted by molar-refractivity contribution is 5.78. The number of halogens is 3. The number of carbonyl (C=O) groups excluding carboxylic acids is 1. The zero-order chi connectivity index (χ0) is 22.6. The summed E-state index contributed by atoms with van der Waals surface area (Å²) in [7, 11) is 0. The Balaban J connectivity index is 1.78. The van der Waals surface area contributed by atoms with Gasteiger partial charge in [0, 0.05) is 24.1 Å². The van der Waals surface area contributed by atoms with E-state index in [0.29, 0.717) is 0 Å². The Bertz CT molecular complexity index is 954. The molecule has 1 aromatic heterocycles. The van der Waals surface area contributed by atoms with Crippen molar-refractivity contribution in [2.24, 2.45) is 5.92 Å². The first-order valence-electron chi connectivity index (χ1n) is 10.9. The molecule has 0 saturated heterocycles. The van der Waals surface area contributed by atoms with E-state index in [2.05, 4.69) is 10.4 Å². The van der Waals surface area contributed by atoms with Gasteiger partial charge in [-0.25, -0.2) is 9.48 Å². The molecule has 0 radical (unpaired) electrons. The van der Waals surface area contributed by atoms with Crippen molar-refractivity contribution in [3.63, 3.8) is 0 Å². The van der Waals surface area contributed by atoms with Crippen LogP contribution in [-0.2, 0) is 17.5 Å². The molecule has 1 aliphatic rings. The van der Waals surface area contributed by atoms with Crippen LogP contribution in [0, 0.1) is 5.92 Å². The van der Waals surface area contributed by atoms with Crippen molar-refractivity contribution < 1.29 is 18.0 Å². The van der Waals surface area contributed by atoms with Crippen LogP contribution in [0.5, 0.6) is 0 Å². The highest BCUT2D eigenvalue weighted by atomic mass is 19.4. The normalized spacial score (nSPS) is 14.3. The predicted octanol–water partition coefficient (Wildman–Crippen LogP) is 4.40. The maximum absolute atomic E-state index is 13.1. The van der Waals surface area contributed by atoms with Crippen molar-refractivity contribution >= 4 is 5.91 Å². The number of rotatable bonds is 10. The van der Waals surface area contributed by atoms with Crippen LogP contribution in [0.15, 0.2) is 29.1 Å². The van der Waals surface area contributed by atoms with E-state index in [1.807, 2.05) is 13.8 Å². The minimum absolute atomic E-state index is 0.0310. The molecule has 0 bridgehead atoms. The maximum Gasteiger partial charge on any atom is 0.416 e. The summed E-state index contributed by atoms with van der Waals surface area (Å²) >= 11 is 0. The first-order chi connectivity index (χ1) is 14.8. The summed E-state index contributed by atoms with van der Waals surface area (Å²) in [5.41, 5.74) is -0.880.